The van der Waals surface area contributed by atoms with Crippen LogP contribution in [0.2, 0.25) is 0 Å². The van der Waals surface area contributed by atoms with Gasteiger partial charge in [-0.1, -0.05) is 6.07 Å². The number of esters is 1. The van der Waals surface area contributed by atoms with Gasteiger partial charge in [-0.05, 0) is 42.8 Å². The molecule has 1 aliphatic rings. The Labute approximate surface area is 163 Å². The lowest BCUT2D eigenvalue weighted by molar-refractivity contribution is -0.129. The molecule has 0 fully saturated rings. The van der Waals surface area contributed by atoms with Gasteiger partial charge in [0.25, 0.3) is 0 Å². The lowest BCUT2D eigenvalue weighted by Crippen LogP contribution is -2.06. The first-order valence-corrected chi connectivity index (χ1v) is 8.64. The van der Waals surface area contributed by atoms with Crippen molar-refractivity contribution in [3.63, 3.8) is 0 Å². The second kappa shape index (κ2) is 8.47. The van der Waals surface area contributed by atoms with Gasteiger partial charge >= 0.3 is 5.97 Å². The van der Waals surface area contributed by atoms with Crippen LogP contribution >= 0.6 is 0 Å². The van der Waals surface area contributed by atoms with Crippen molar-refractivity contribution in [1.82, 2.24) is 0 Å². The summed E-state index contributed by atoms with van der Waals surface area (Å²) in [6, 6.07) is 10.5. The monoisotopic (exact) mass is 383 g/mol. The molecule has 0 N–H and O–H groups in total. The van der Waals surface area contributed by atoms with Crippen LogP contribution in [0.15, 0.2) is 47.1 Å². The van der Waals surface area contributed by atoms with E-state index in [1.807, 2.05) is 13.0 Å². The molecule has 7 heteroatoms. The molecule has 0 saturated heterocycles. The molecule has 0 atom stereocenters. The second-order valence-electron chi connectivity index (χ2n) is 5.78. The molecule has 1 aliphatic heterocycles. The van der Waals surface area contributed by atoms with Crippen LogP contribution in [0.3, 0.4) is 0 Å². The van der Waals surface area contributed by atoms with Crippen LogP contribution in [0.4, 0.5) is 0 Å². The Bertz CT molecular complexity index is 926. The molecule has 3 rings (SSSR count). The minimum Gasteiger partial charge on any atom is -0.497 e. The molecule has 0 aliphatic carbocycles. The first kappa shape index (κ1) is 19.3. The molecule has 146 valence electrons. The Morgan fingerprint density at radius 1 is 0.964 bits per heavy atom. The fourth-order valence-electron chi connectivity index (χ4n) is 2.67. The molecule has 0 saturated carbocycles. The van der Waals surface area contributed by atoms with Crippen molar-refractivity contribution < 1.29 is 28.5 Å². The molecular weight excluding hydrogens is 362 g/mol. The predicted octanol–water partition coefficient (Wildman–Crippen LogP) is 3.46. The van der Waals surface area contributed by atoms with Crippen molar-refractivity contribution in [2.45, 2.75) is 6.92 Å². The van der Waals surface area contributed by atoms with Crippen molar-refractivity contribution in [3.05, 3.63) is 53.2 Å². The zero-order chi connectivity index (χ0) is 20.1. The summed E-state index contributed by atoms with van der Waals surface area (Å²) in [6.45, 7) is 2.39. The number of methoxy groups -OCH3 is 3. The Morgan fingerprint density at radius 3 is 2.29 bits per heavy atom. The van der Waals surface area contributed by atoms with Crippen molar-refractivity contribution >= 4 is 17.9 Å². The Morgan fingerprint density at radius 2 is 1.68 bits per heavy atom. The van der Waals surface area contributed by atoms with Gasteiger partial charge < -0.3 is 23.7 Å². The number of hydrogen-bond donors (Lipinski definition) is 0. The van der Waals surface area contributed by atoms with Crippen molar-refractivity contribution in [2.24, 2.45) is 4.99 Å². The summed E-state index contributed by atoms with van der Waals surface area (Å²) in [5, 5.41) is 0. The van der Waals surface area contributed by atoms with Gasteiger partial charge in [-0.25, -0.2) is 9.79 Å². The van der Waals surface area contributed by atoms with Gasteiger partial charge in [0.2, 0.25) is 5.90 Å². The zero-order valence-corrected chi connectivity index (χ0v) is 16.1. The van der Waals surface area contributed by atoms with Crippen LogP contribution in [-0.2, 0) is 9.53 Å². The number of rotatable bonds is 7. The topological polar surface area (TPSA) is 75.6 Å². The maximum Gasteiger partial charge on any atom is 0.363 e. The van der Waals surface area contributed by atoms with Crippen molar-refractivity contribution in [2.75, 3.05) is 27.9 Å². The summed E-state index contributed by atoms with van der Waals surface area (Å²) in [5.41, 5.74) is 1.51. The van der Waals surface area contributed by atoms with Crippen LogP contribution in [0.25, 0.3) is 6.08 Å². The number of carbonyl (C=O) groups excluding carboxylic acids is 1. The Hall–Kier alpha value is -3.48. The number of nitrogens with zero attached hydrogens (tertiary/aromatic N) is 1. The van der Waals surface area contributed by atoms with E-state index >= 15 is 0 Å². The van der Waals surface area contributed by atoms with Gasteiger partial charge in [-0.2, -0.15) is 0 Å². The number of benzene rings is 2. The predicted molar refractivity (Wildman–Crippen MR) is 104 cm³/mol. The summed E-state index contributed by atoms with van der Waals surface area (Å²) >= 11 is 0. The van der Waals surface area contributed by atoms with Gasteiger partial charge in [-0.3, -0.25) is 0 Å². The SMILES string of the molecule is CCOc1cc(/C=C2\N=C(c3cc(OC)cc(OC)c3)OC2=O)ccc1OC. The fraction of sp³-hybridized carbons (Fsp3) is 0.238. The van der Waals surface area contributed by atoms with Crippen LogP contribution in [-0.4, -0.2) is 39.8 Å². The Balaban J connectivity index is 1.95. The van der Waals surface area contributed by atoms with E-state index < -0.39 is 5.97 Å². The van der Waals surface area contributed by atoms with E-state index in [4.69, 9.17) is 23.7 Å². The third kappa shape index (κ3) is 4.09. The van der Waals surface area contributed by atoms with Gasteiger partial charge in [-0.15, -0.1) is 0 Å². The van der Waals surface area contributed by atoms with E-state index in [1.165, 1.54) is 0 Å². The van der Waals surface area contributed by atoms with E-state index in [1.54, 1.807) is 57.7 Å². The smallest absolute Gasteiger partial charge is 0.363 e. The van der Waals surface area contributed by atoms with Gasteiger partial charge in [0.1, 0.15) is 11.5 Å². The summed E-state index contributed by atoms with van der Waals surface area (Å²) in [7, 11) is 4.67. The number of aliphatic imine (C=N–C) groups is 1. The van der Waals surface area contributed by atoms with Gasteiger partial charge in [0, 0.05) is 11.6 Å². The van der Waals surface area contributed by atoms with Crippen LogP contribution in [0.1, 0.15) is 18.1 Å². The average molecular weight is 383 g/mol. The molecular formula is C21H21NO6. The molecule has 0 amide bonds. The minimum atomic E-state index is -0.537. The van der Waals surface area contributed by atoms with Crippen molar-refractivity contribution in [1.29, 1.82) is 0 Å². The van der Waals surface area contributed by atoms with Crippen LogP contribution in [0, 0.1) is 0 Å². The van der Waals surface area contributed by atoms with E-state index in [2.05, 4.69) is 4.99 Å². The lowest BCUT2D eigenvalue weighted by Gasteiger charge is -2.09. The first-order valence-electron chi connectivity index (χ1n) is 8.64. The highest BCUT2D eigenvalue weighted by molar-refractivity contribution is 6.13. The van der Waals surface area contributed by atoms with Gasteiger partial charge in [0.15, 0.2) is 17.2 Å². The normalized spacial score (nSPS) is 14.5. The molecule has 7 nitrogen and oxygen atoms in total. The third-order valence-corrected chi connectivity index (χ3v) is 4.01. The minimum absolute atomic E-state index is 0.185. The second-order valence-corrected chi connectivity index (χ2v) is 5.78. The largest absolute Gasteiger partial charge is 0.497 e. The quantitative estimate of drug-likeness (QED) is 0.538. The molecule has 0 unspecified atom stereocenters. The standard InChI is InChI=1S/C21H21NO6/c1-5-27-19-9-13(6-7-18(19)26-4)8-17-21(23)28-20(22-17)14-10-15(24-2)12-16(11-14)25-3/h6-12H,5H2,1-4H3/b17-8-. The van der Waals surface area contributed by atoms with Gasteiger partial charge in [0.05, 0.1) is 27.9 Å². The zero-order valence-electron chi connectivity index (χ0n) is 16.1. The van der Waals surface area contributed by atoms with E-state index in [0.29, 0.717) is 35.2 Å². The molecule has 2 aromatic carbocycles. The summed E-state index contributed by atoms with van der Waals surface area (Å²) < 4.78 is 26.7. The maximum absolute atomic E-state index is 12.3. The van der Waals surface area contributed by atoms with E-state index in [-0.39, 0.29) is 11.6 Å². The highest BCUT2D eigenvalue weighted by atomic mass is 16.6. The fourth-order valence-corrected chi connectivity index (χ4v) is 2.67. The first-order chi connectivity index (χ1) is 13.6. The average Bonchev–Trinajstić information content (AvgIpc) is 3.08. The molecule has 0 radical (unpaired) electrons. The van der Waals surface area contributed by atoms with Crippen LogP contribution < -0.4 is 18.9 Å². The molecule has 0 spiro atoms. The number of ether oxygens (including phenoxy) is 5. The molecule has 1 heterocycles. The van der Waals surface area contributed by atoms with Crippen molar-refractivity contribution in [3.8, 4) is 23.0 Å². The molecule has 28 heavy (non-hydrogen) atoms. The lowest BCUT2D eigenvalue weighted by atomic mass is 10.1. The van der Waals surface area contributed by atoms with E-state index in [0.717, 1.165) is 5.56 Å². The highest BCUT2D eigenvalue weighted by Gasteiger charge is 2.25. The molecule has 2 aromatic rings. The highest BCUT2D eigenvalue weighted by Crippen LogP contribution is 2.30. The molecule has 0 bridgehead atoms. The third-order valence-electron chi connectivity index (χ3n) is 4.01. The van der Waals surface area contributed by atoms with E-state index in [9.17, 15) is 4.79 Å². The maximum atomic E-state index is 12.3. The number of carbonyl (C=O) groups is 1. The number of hydrogen-bond acceptors (Lipinski definition) is 7. The summed E-state index contributed by atoms with van der Waals surface area (Å²) in [6.07, 6.45) is 1.63. The summed E-state index contributed by atoms with van der Waals surface area (Å²) in [5.74, 6) is 2.00. The van der Waals surface area contributed by atoms with Crippen LogP contribution in [0.5, 0.6) is 23.0 Å². The molecule has 0 aromatic heterocycles. The number of cyclic esters (lactones) is 1. The Kier molecular flexibility index (Phi) is 5.84. The summed E-state index contributed by atoms with van der Waals surface area (Å²) in [4.78, 5) is 16.6.